The van der Waals surface area contributed by atoms with Crippen LogP contribution in [0.3, 0.4) is 0 Å². The second-order valence-electron chi connectivity index (χ2n) is 6.00. The topological polar surface area (TPSA) is 52.6 Å². The summed E-state index contributed by atoms with van der Waals surface area (Å²) in [5.41, 5.74) is -0.319. The predicted molar refractivity (Wildman–Crippen MR) is 64.7 cm³/mol. The molecule has 0 radical (unpaired) electrons. The Morgan fingerprint density at radius 3 is 2.19 bits per heavy atom. The lowest BCUT2D eigenvalue weighted by molar-refractivity contribution is 0.107. The first kappa shape index (κ1) is 13.3. The maximum Gasteiger partial charge on any atom is 0.405 e. The van der Waals surface area contributed by atoms with Gasteiger partial charge in [0.2, 0.25) is 0 Å². The monoisotopic (exact) mass is 228 g/mol. The van der Waals surface area contributed by atoms with Crippen LogP contribution >= 0.6 is 0 Å². The first-order valence-corrected chi connectivity index (χ1v) is 5.99. The van der Waals surface area contributed by atoms with E-state index in [1.54, 1.807) is 0 Å². The second-order valence-corrected chi connectivity index (χ2v) is 6.00. The Bertz CT molecular complexity index is 256. The fraction of sp³-hybridized carbons (Fsp3) is 0.917. The Morgan fingerprint density at radius 1 is 1.25 bits per heavy atom. The zero-order valence-electron chi connectivity index (χ0n) is 10.8. The summed E-state index contributed by atoms with van der Waals surface area (Å²) in [6.45, 7) is 10.6. The molecule has 2 N–H and O–H groups in total. The molecule has 1 aliphatic rings. The van der Waals surface area contributed by atoms with Crippen LogP contribution in [-0.2, 0) is 0 Å². The zero-order valence-corrected chi connectivity index (χ0v) is 10.8. The maximum atomic E-state index is 10.7. The van der Waals surface area contributed by atoms with Crippen molar-refractivity contribution in [2.75, 3.05) is 13.1 Å². The Hall–Kier alpha value is -0.770. The molecule has 0 saturated carbocycles. The summed E-state index contributed by atoms with van der Waals surface area (Å²) in [4.78, 5) is 13.2. The number of nitrogens with zero attached hydrogens (tertiary/aromatic N) is 1. The van der Waals surface area contributed by atoms with Gasteiger partial charge in [-0.05, 0) is 60.0 Å². The highest BCUT2D eigenvalue weighted by Gasteiger charge is 2.35. The molecule has 94 valence electrons. The zero-order chi connectivity index (χ0) is 12.4. The third-order valence-corrected chi connectivity index (χ3v) is 3.28. The molecule has 1 heterocycles. The summed E-state index contributed by atoms with van der Waals surface area (Å²) in [7, 11) is 0. The normalized spacial score (nSPS) is 18.8. The van der Waals surface area contributed by atoms with E-state index >= 15 is 0 Å². The van der Waals surface area contributed by atoms with E-state index in [0.29, 0.717) is 0 Å². The molecule has 1 amide bonds. The van der Waals surface area contributed by atoms with Gasteiger partial charge in [-0.15, -0.1) is 0 Å². The summed E-state index contributed by atoms with van der Waals surface area (Å²) in [5, 5.41) is 11.4. The number of likely N-dealkylation sites (tertiary alicyclic amines) is 1. The molecular weight excluding hydrogens is 204 g/mol. The molecule has 0 aromatic carbocycles. The molecule has 0 aliphatic carbocycles. The largest absolute Gasteiger partial charge is 0.465 e. The van der Waals surface area contributed by atoms with Crippen LogP contribution in [0.4, 0.5) is 4.79 Å². The van der Waals surface area contributed by atoms with Gasteiger partial charge in [-0.1, -0.05) is 0 Å². The van der Waals surface area contributed by atoms with Crippen LogP contribution in [-0.4, -0.2) is 40.3 Å². The van der Waals surface area contributed by atoms with Crippen molar-refractivity contribution in [2.45, 2.75) is 58.0 Å². The van der Waals surface area contributed by atoms with Gasteiger partial charge in [-0.2, -0.15) is 0 Å². The quantitative estimate of drug-likeness (QED) is 0.776. The van der Waals surface area contributed by atoms with Gasteiger partial charge in [-0.25, -0.2) is 4.79 Å². The third kappa shape index (κ3) is 3.67. The van der Waals surface area contributed by atoms with E-state index in [-0.39, 0.29) is 11.1 Å². The van der Waals surface area contributed by atoms with Crippen LogP contribution in [0.1, 0.15) is 47.0 Å². The van der Waals surface area contributed by atoms with Crippen LogP contribution in [0.2, 0.25) is 0 Å². The summed E-state index contributed by atoms with van der Waals surface area (Å²) in [6.07, 6.45) is 2.40. The Balaban J connectivity index is 2.59. The molecule has 0 bridgehead atoms. The molecule has 1 rings (SSSR count). The summed E-state index contributed by atoms with van der Waals surface area (Å²) >= 11 is 0. The fourth-order valence-electron chi connectivity index (χ4n) is 2.85. The lowest BCUT2D eigenvalue weighted by atomic mass is 9.86. The van der Waals surface area contributed by atoms with Crippen LogP contribution in [0, 0.1) is 0 Å². The Labute approximate surface area is 98.0 Å². The molecule has 1 fully saturated rings. The summed E-state index contributed by atoms with van der Waals surface area (Å²) < 4.78 is 0. The van der Waals surface area contributed by atoms with E-state index in [1.165, 1.54) is 12.8 Å². The van der Waals surface area contributed by atoms with E-state index < -0.39 is 6.09 Å². The number of hydrogen-bond donors (Lipinski definition) is 2. The van der Waals surface area contributed by atoms with Crippen LogP contribution < -0.4 is 5.32 Å². The van der Waals surface area contributed by atoms with Crippen LogP contribution in [0.25, 0.3) is 0 Å². The molecule has 4 nitrogen and oxygen atoms in total. The van der Waals surface area contributed by atoms with Gasteiger partial charge in [0.1, 0.15) is 0 Å². The smallest absolute Gasteiger partial charge is 0.405 e. The van der Waals surface area contributed by atoms with E-state index in [0.717, 1.165) is 19.5 Å². The number of carboxylic acid groups (broad SMARTS) is 1. The van der Waals surface area contributed by atoms with Gasteiger partial charge in [0, 0.05) is 11.1 Å². The highest BCUT2D eigenvalue weighted by molar-refractivity contribution is 5.65. The highest BCUT2D eigenvalue weighted by Crippen LogP contribution is 2.29. The van der Waals surface area contributed by atoms with Crippen molar-refractivity contribution in [3.8, 4) is 0 Å². The molecule has 1 saturated heterocycles. The van der Waals surface area contributed by atoms with Crippen molar-refractivity contribution >= 4 is 6.09 Å². The third-order valence-electron chi connectivity index (χ3n) is 3.28. The average molecular weight is 228 g/mol. The molecule has 16 heavy (non-hydrogen) atoms. The first-order chi connectivity index (χ1) is 7.23. The van der Waals surface area contributed by atoms with Gasteiger partial charge in [-0.3, -0.25) is 4.90 Å². The maximum absolute atomic E-state index is 10.7. The lowest BCUT2D eigenvalue weighted by Crippen LogP contribution is -2.52. The minimum atomic E-state index is -0.942. The first-order valence-electron chi connectivity index (χ1n) is 5.99. The number of carbonyl (C=O) groups is 1. The SMILES string of the molecule is CC(C)(CC(C)(C)N1CCCC1)NC(=O)O. The molecule has 4 heteroatoms. The number of hydrogen-bond acceptors (Lipinski definition) is 2. The Kier molecular flexibility index (Phi) is 3.84. The van der Waals surface area contributed by atoms with Gasteiger partial charge in [0.25, 0.3) is 0 Å². The van der Waals surface area contributed by atoms with Crippen LogP contribution in [0.15, 0.2) is 0 Å². The van der Waals surface area contributed by atoms with Gasteiger partial charge in [0.05, 0.1) is 0 Å². The van der Waals surface area contributed by atoms with Crippen molar-refractivity contribution in [1.29, 1.82) is 0 Å². The number of rotatable bonds is 4. The number of nitrogens with one attached hydrogen (secondary N) is 1. The predicted octanol–water partition coefficient (Wildman–Crippen LogP) is 2.30. The summed E-state index contributed by atoms with van der Waals surface area (Å²) in [5.74, 6) is 0. The molecule has 0 atom stereocenters. The standard InChI is InChI=1S/C12H24N2O2/c1-11(2,13-10(15)16)9-12(3,4)14-7-5-6-8-14/h13H,5-9H2,1-4H3,(H,15,16). The Morgan fingerprint density at radius 2 is 1.75 bits per heavy atom. The number of amides is 1. The molecule has 0 aromatic heterocycles. The second kappa shape index (κ2) is 4.62. The van der Waals surface area contributed by atoms with Crippen molar-refractivity contribution < 1.29 is 9.90 Å². The average Bonchev–Trinajstić information content (AvgIpc) is 2.48. The molecule has 0 spiro atoms. The van der Waals surface area contributed by atoms with Crippen molar-refractivity contribution in [3.05, 3.63) is 0 Å². The lowest BCUT2D eigenvalue weighted by Gasteiger charge is -2.41. The van der Waals surface area contributed by atoms with E-state index in [1.807, 2.05) is 13.8 Å². The van der Waals surface area contributed by atoms with Gasteiger partial charge < -0.3 is 10.4 Å². The van der Waals surface area contributed by atoms with Crippen LogP contribution in [0.5, 0.6) is 0 Å². The highest BCUT2D eigenvalue weighted by atomic mass is 16.4. The van der Waals surface area contributed by atoms with E-state index in [4.69, 9.17) is 5.11 Å². The van der Waals surface area contributed by atoms with Crippen molar-refractivity contribution in [1.82, 2.24) is 10.2 Å². The van der Waals surface area contributed by atoms with Gasteiger partial charge in [0.15, 0.2) is 0 Å². The minimum absolute atomic E-state index is 0.0580. The van der Waals surface area contributed by atoms with E-state index in [2.05, 4.69) is 24.1 Å². The van der Waals surface area contributed by atoms with Crippen molar-refractivity contribution in [2.24, 2.45) is 0 Å². The summed E-state index contributed by atoms with van der Waals surface area (Å²) in [6, 6.07) is 0. The van der Waals surface area contributed by atoms with Gasteiger partial charge >= 0.3 is 6.09 Å². The molecular formula is C12H24N2O2. The molecule has 0 aromatic rings. The van der Waals surface area contributed by atoms with Crippen molar-refractivity contribution in [3.63, 3.8) is 0 Å². The fourth-order valence-corrected chi connectivity index (χ4v) is 2.85. The molecule has 0 unspecified atom stereocenters. The molecule has 1 aliphatic heterocycles. The minimum Gasteiger partial charge on any atom is -0.465 e. The van der Waals surface area contributed by atoms with E-state index in [9.17, 15) is 4.79 Å².